The summed E-state index contributed by atoms with van der Waals surface area (Å²) in [7, 11) is 1.82. The fraction of sp³-hybridized carbons (Fsp3) is 0.875. The summed E-state index contributed by atoms with van der Waals surface area (Å²) in [6, 6.07) is 0.571. The SMILES string of the molecule is CCC(CC)N(CCC(=O)N(C)CCC(N)=S)CC(C)C. The van der Waals surface area contributed by atoms with E-state index in [0.29, 0.717) is 36.3 Å². The van der Waals surface area contributed by atoms with E-state index in [2.05, 4.69) is 32.6 Å². The van der Waals surface area contributed by atoms with Gasteiger partial charge in [0.15, 0.2) is 0 Å². The van der Waals surface area contributed by atoms with Crippen molar-refractivity contribution in [2.24, 2.45) is 11.7 Å². The molecule has 0 aromatic carbocycles. The minimum atomic E-state index is 0.172. The van der Waals surface area contributed by atoms with Crippen LogP contribution in [0.1, 0.15) is 53.4 Å². The van der Waals surface area contributed by atoms with Crippen molar-refractivity contribution in [2.75, 3.05) is 26.7 Å². The highest BCUT2D eigenvalue weighted by Gasteiger charge is 2.18. The van der Waals surface area contributed by atoms with Crippen molar-refractivity contribution in [2.45, 2.75) is 59.4 Å². The van der Waals surface area contributed by atoms with E-state index in [1.807, 2.05) is 7.05 Å². The van der Waals surface area contributed by atoms with Gasteiger partial charge < -0.3 is 10.6 Å². The number of nitrogens with two attached hydrogens (primary N) is 1. The third kappa shape index (κ3) is 9.04. The molecular weight excluding hydrogens is 282 g/mol. The normalized spacial score (nSPS) is 11.4. The topological polar surface area (TPSA) is 49.6 Å². The number of amides is 1. The lowest BCUT2D eigenvalue weighted by Crippen LogP contribution is -2.40. The first-order valence-corrected chi connectivity index (χ1v) is 8.48. The van der Waals surface area contributed by atoms with E-state index in [1.165, 1.54) is 0 Å². The van der Waals surface area contributed by atoms with Crippen molar-refractivity contribution in [3.63, 3.8) is 0 Å². The Morgan fingerprint density at radius 1 is 1.14 bits per heavy atom. The summed E-state index contributed by atoms with van der Waals surface area (Å²) >= 11 is 4.85. The van der Waals surface area contributed by atoms with E-state index >= 15 is 0 Å². The zero-order chi connectivity index (χ0) is 16.4. The fourth-order valence-electron chi connectivity index (χ4n) is 2.53. The molecule has 1 amide bonds. The van der Waals surface area contributed by atoms with Crippen LogP contribution in [0.15, 0.2) is 0 Å². The van der Waals surface area contributed by atoms with Gasteiger partial charge in [-0.1, -0.05) is 39.9 Å². The van der Waals surface area contributed by atoms with Crippen LogP contribution < -0.4 is 5.73 Å². The monoisotopic (exact) mass is 315 g/mol. The standard InChI is InChI=1S/C16H33N3OS/c1-6-14(7-2)19(12-13(3)4)11-9-16(20)18(5)10-8-15(17)21/h13-14H,6-12H2,1-5H3,(H2,17,21). The zero-order valence-corrected chi connectivity index (χ0v) is 15.2. The van der Waals surface area contributed by atoms with Gasteiger partial charge in [-0.25, -0.2) is 0 Å². The highest BCUT2D eigenvalue weighted by atomic mass is 32.1. The molecule has 0 aliphatic carbocycles. The number of hydrogen-bond donors (Lipinski definition) is 1. The Bertz CT molecular complexity index is 317. The lowest BCUT2D eigenvalue weighted by molar-refractivity contribution is -0.130. The number of thiocarbonyl (C=S) groups is 1. The molecule has 0 aromatic heterocycles. The van der Waals surface area contributed by atoms with Gasteiger partial charge in [-0.05, 0) is 18.8 Å². The summed E-state index contributed by atoms with van der Waals surface area (Å²) in [6.07, 6.45) is 3.43. The first-order valence-electron chi connectivity index (χ1n) is 8.08. The van der Waals surface area contributed by atoms with Crippen molar-refractivity contribution < 1.29 is 4.79 Å². The lowest BCUT2D eigenvalue weighted by Gasteiger charge is -2.32. The van der Waals surface area contributed by atoms with E-state index in [-0.39, 0.29) is 5.91 Å². The third-order valence-electron chi connectivity index (χ3n) is 3.79. The van der Waals surface area contributed by atoms with E-state index in [4.69, 9.17) is 18.0 Å². The molecular formula is C16H33N3OS. The smallest absolute Gasteiger partial charge is 0.223 e. The van der Waals surface area contributed by atoms with Gasteiger partial charge in [-0.2, -0.15) is 0 Å². The van der Waals surface area contributed by atoms with Crippen molar-refractivity contribution >= 4 is 23.1 Å². The van der Waals surface area contributed by atoms with Crippen LogP contribution in [0, 0.1) is 5.92 Å². The molecule has 0 bridgehead atoms. The van der Waals surface area contributed by atoms with Gasteiger partial charge >= 0.3 is 0 Å². The summed E-state index contributed by atoms with van der Waals surface area (Å²) in [6.45, 7) is 11.4. The maximum absolute atomic E-state index is 12.2. The molecule has 0 fully saturated rings. The highest BCUT2D eigenvalue weighted by molar-refractivity contribution is 7.80. The van der Waals surface area contributed by atoms with Gasteiger partial charge in [0.05, 0.1) is 4.99 Å². The Morgan fingerprint density at radius 2 is 1.71 bits per heavy atom. The van der Waals surface area contributed by atoms with Gasteiger partial charge in [0.2, 0.25) is 5.91 Å². The van der Waals surface area contributed by atoms with Crippen LogP contribution in [-0.2, 0) is 4.79 Å². The van der Waals surface area contributed by atoms with Crippen LogP contribution in [-0.4, -0.2) is 53.4 Å². The molecule has 0 aliphatic rings. The Labute approximate surface area is 136 Å². The van der Waals surface area contributed by atoms with Gasteiger partial charge in [0.1, 0.15) is 0 Å². The van der Waals surface area contributed by atoms with Crippen LogP contribution in [0.4, 0.5) is 0 Å². The zero-order valence-electron chi connectivity index (χ0n) is 14.4. The van der Waals surface area contributed by atoms with Crippen LogP contribution in [0.25, 0.3) is 0 Å². The molecule has 0 unspecified atom stereocenters. The molecule has 0 spiro atoms. The van der Waals surface area contributed by atoms with E-state index in [9.17, 15) is 4.79 Å². The number of nitrogens with zero attached hydrogens (tertiary/aromatic N) is 2. The molecule has 0 aromatic rings. The number of carbonyl (C=O) groups excluding carboxylic acids is 1. The van der Waals surface area contributed by atoms with Crippen molar-refractivity contribution in [1.29, 1.82) is 0 Å². The van der Waals surface area contributed by atoms with Crippen LogP contribution in [0.5, 0.6) is 0 Å². The summed E-state index contributed by atoms with van der Waals surface area (Å²) in [5.41, 5.74) is 5.48. The molecule has 2 N–H and O–H groups in total. The van der Waals surface area contributed by atoms with Crippen LogP contribution >= 0.6 is 12.2 Å². The molecule has 5 heteroatoms. The molecule has 0 atom stereocenters. The molecule has 4 nitrogen and oxygen atoms in total. The van der Waals surface area contributed by atoms with Gasteiger partial charge in [0.25, 0.3) is 0 Å². The van der Waals surface area contributed by atoms with Gasteiger partial charge in [-0.15, -0.1) is 0 Å². The molecule has 21 heavy (non-hydrogen) atoms. The molecule has 0 aliphatic heterocycles. The summed E-state index contributed by atoms with van der Waals surface area (Å²) in [5, 5.41) is 0. The first-order chi connectivity index (χ1) is 9.81. The van der Waals surface area contributed by atoms with Crippen molar-refractivity contribution in [3.05, 3.63) is 0 Å². The van der Waals surface area contributed by atoms with Gasteiger partial charge in [0, 0.05) is 45.6 Å². The summed E-state index contributed by atoms with van der Waals surface area (Å²) in [5.74, 6) is 0.791. The third-order valence-corrected chi connectivity index (χ3v) is 3.99. The fourth-order valence-corrected chi connectivity index (χ4v) is 2.62. The van der Waals surface area contributed by atoms with E-state index in [1.54, 1.807) is 4.90 Å². The Morgan fingerprint density at radius 3 is 2.14 bits per heavy atom. The second kappa shape index (κ2) is 11.0. The van der Waals surface area contributed by atoms with Crippen molar-refractivity contribution in [3.8, 4) is 0 Å². The minimum Gasteiger partial charge on any atom is -0.393 e. The highest BCUT2D eigenvalue weighted by Crippen LogP contribution is 2.12. The van der Waals surface area contributed by atoms with Crippen molar-refractivity contribution in [1.82, 2.24) is 9.80 Å². The van der Waals surface area contributed by atoms with E-state index in [0.717, 1.165) is 25.9 Å². The predicted octanol–water partition coefficient (Wildman–Crippen LogP) is 2.66. The molecule has 0 saturated carbocycles. The largest absolute Gasteiger partial charge is 0.393 e. The van der Waals surface area contributed by atoms with E-state index < -0.39 is 0 Å². The average molecular weight is 316 g/mol. The number of carbonyl (C=O) groups is 1. The minimum absolute atomic E-state index is 0.172. The molecule has 0 rings (SSSR count). The lowest BCUT2D eigenvalue weighted by atomic mass is 10.1. The Hall–Kier alpha value is -0.680. The quantitative estimate of drug-likeness (QED) is 0.596. The summed E-state index contributed by atoms with van der Waals surface area (Å²) in [4.78, 5) is 16.8. The first kappa shape index (κ1) is 20.3. The second-order valence-electron chi connectivity index (χ2n) is 6.14. The summed E-state index contributed by atoms with van der Waals surface area (Å²) < 4.78 is 0. The molecule has 0 radical (unpaired) electrons. The van der Waals surface area contributed by atoms with Gasteiger partial charge in [-0.3, -0.25) is 9.69 Å². The number of rotatable bonds is 11. The molecule has 124 valence electrons. The molecule has 0 saturated heterocycles. The second-order valence-corrected chi connectivity index (χ2v) is 6.67. The van der Waals surface area contributed by atoms with Crippen LogP contribution in [0.2, 0.25) is 0 Å². The Kier molecular flexibility index (Phi) is 10.6. The predicted molar refractivity (Wildman–Crippen MR) is 94.4 cm³/mol. The average Bonchev–Trinajstić information content (AvgIpc) is 2.42. The molecule has 0 heterocycles. The number of hydrogen-bond acceptors (Lipinski definition) is 3. The Balaban J connectivity index is 4.38. The maximum Gasteiger partial charge on any atom is 0.223 e. The maximum atomic E-state index is 12.2. The van der Waals surface area contributed by atoms with Crippen LogP contribution in [0.3, 0.4) is 0 Å².